The van der Waals surface area contributed by atoms with E-state index in [9.17, 15) is 4.21 Å². The van der Waals surface area contributed by atoms with Crippen molar-refractivity contribution in [2.45, 2.75) is 23.0 Å². The van der Waals surface area contributed by atoms with Crippen molar-refractivity contribution < 1.29 is 4.21 Å². The second-order valence-corrected chi connectivity index (χ2v) is 7.22. The Hall–Kier alpha value is -2.19. The zero-order chi connectivity index (χ0) is 16.1. The van der Waals surface area contributed by atoms with E-state index in [1.54, 1.807) is 0 Å². The minimum absolute atomic E-state index is 0.0685. The zero-order valence-electron chi connectivity index (χ0n) is 13.1. The van der Waals surface area contributed by atoms with Crippen LogP contribution in [0.1, 0.15) is 29.2 Å². The van der Waals surface area contributed by atoms with E-state index in [0.29, 0.717) is 0 Å². The lowest BCUT2D eigenvalue weighted by molar-refractivity contribution is 0.649. The van der Waals surface area contributed by atoms with Crippen molar-refractivity contribution in [2.24, 2.45) is 0 Å². The fourth-order valence-electron chi connectivity index (χ4n) is 2.87. The Kier molecular flexibility index (Phi) is 5.04. The Morgan fingerprint density at radius 1 is 0.652 bits per heavy atom. The lowest BCUT2D eigenvalue weighted by Gasteiger charge is -2.24. The molecule has 116 valence electrons. The topological polar surface area (TPSA) is 17.1 Å². The molecular formula is C21H20OS. The third kappa shape index (κ3) is 3.59. The van der Waals surface area contributed by atoms with E-state index >= 15 is 0 Å². The summed E-state index contributed by atoms with van der Waals surface area (Å²) >= 11 is 0. The molecule has 3 atom stereocenters. The average molecular weight is 320 g/mol. The first-order valence-electron chi connectivity index (χ1n) is 7.83. The molecule has 3 aromatic rings. The third-order valence-electron chi connectivity index (χ3n) is 4.11. The SMILES string of the molecule is CC(c1ccccc1)C(c1ccccc1)S(=O)c1ccccc1. The fraction of sp³-hybridized carbons (Fsp3) is 0.143. The summed E-state index contributed by atoms with van der Waals surface area (Å²) in [4.78, 5) is 0.879. The number of rotatable bonds is 5. The molecule has 0 saturated carbocycles. The van der Waals surface area contributed by atoms with Crippen LogP contribution in [0.2, 0.25) is 0 Å². The van der Waals surface area contributed by atoms with Crippen molar-refractivity contribution in [1.82, 2.24) is 0 Å². The van der Waals surface area contributed by atoms with Gasteiger partial charge in [-0.15, -0.1) is 0 Å². The van der Waals surface area contributed by atoms with Crippen molar-refractivity contribution in [2.75, 3.05) is 0 Å². The van der Waals surface area contributed by atoms with Gasteiger partial charge in [-0.3, -0.25) is 4.21 Å². The Bertz CT molecular complexity index is 754. The van der Waals surface area contributed by atoms with Gasteiger partial charge in [0.15, 0.2) is 0 Å². The largest absolute Gasteiger partial charge is 0.254 e. The Morgan fingerprint density at radius 2 is 1.09 bits per heavy atom. The van der Waals surface area contributed by atoms with E-state index in [4.69, 9.17) is 0 Å². The molecule has 3 rings (SSSR count). The van der Waals surface area contributed by atoms with Crippen LogP contribution in [0.5, 0.6) is 0 Å². The highest BCUT2D eigenvalue weighted by molar-refractivity contribution is 7.85. The predicted octanol–water partition coefficient (Wildman–Crippen LogP) is 5.34. The van der Waals surface area contributed by atoms with Gasteiger partial charge in [0.1, 0.15) is 0 Å². The summed E-state index contributed by atoms with van der Waals surface area (Å²) in [6, 6.07) is 30.3. The Labute approximate surface area is 140 Å². The molecule has 0 aliphatic carbocycles. The quantitative estimate of drug-likeness (QED) is 0.620. The van der Waals surface area contributed by atoms with E-state index in [1.165, 1.54) is 5.56 Å². The van der Waals surface area contributed by atoms with Crippen molar-refractivity contribution in [3.63, 3.8) is 0 Å². The molecule has 3 aromatic carbocycles. The van der Waals surface area contributed by atoms with Gasteiger partial charge in [0.25, 0.3) is 0 Å². The van der Waals surface area contributed by atoms with Gasteiger partial charge in [-0.25, -0.2) is 0 Å². The van der Waals surface area contributed by atoms with E-state index in [-0.39, 0.29) is 11.2 Å². The van der Waals surface area contributed by atoms with Crippen LogP contribution in [0.15, 0.2) is 95.9 Å². The highest BCUT2D eigenvalue weighted by Crippen LogP contribution is 2.37. The van der Waals surface area contributed by atoms with Crippen molar-refractivity contribution in [3.8, 4) is 0 Å². The molecule has 0 saturated heterocycles. The lowest BCUT2D eigenvalue weighted by atomic mass is 9.93. The molecule has 0 radical (unpaired) electrons. The average Bonchev–Trinajstić information content (AvgIpc) is 2.64. The first kappa shape index (κ1) is 15.7. The molecule has 0 aliphatic heterocycles. The molecule has 0 N–H and O–H groups in total. The van der Waals surface area contributed by atoms with E-state index in [1.807, 2.05) is 66.7 Å². The number of benzene rings is 3. The van der Waals surface area contributed by atoms with Gasteiger partial charge in [-0.2, -0.15) is 0 Å². The zero-order valence-corrected chi connectivity index (χ0v) is 13.9. The van der Waals surface area contributed by atoms with Gasteiger partial charge < -0.3 is 0 Å². The Balaban J connectivity index is 2.03. The summed E-state index contributed by atoms with van der Waals surface area (Å²) in [5, 5.41) is -0.0685. The number of hydrogen-bond donors (Lipinski definition) is 0. The van der Waals surface area contributed by atoms with Gasteiger partial charge >= 0.3 is 0 Å². The standard InChI is InChI=1S/C21H20OS/c1-17(18-11-5-2-6-12-18)21(19-13-7-3-8-14-19)23(22)20-15-9-4-10-16-20/h2-17,21H,1H3. The lowest BCUT2D eigenvalue weighted by Crippen LogP contribution is -2.14. The van der Waals surface area contributed by atoms with Crippen molar-refractivity contribution in [1.29, 1.82) is 0 Å². The summed E-state index contributed by atoms with van der Waals surface area (Å²) < 4.78 is 13.3. The highest BCUT2D eigenvalue weighted by atomic mass is 32.2. The molecular weight excluding hydrogens is 300 g/mol. The molecule has 3 unspecified atom stereocenters. The summed E-state index contributed by atoms with van der Waals surface area (Å²) in [6.07, 6.45) is 0. The second-order valence-electron chi connectivity index (χ2n) is 5.64. The van der Waals surface area contributed by atoms with Crippen LogP contribution in [0.4, 0.5) is 0 Å². The molecule has 0 spiro atoms. The maximum absolute atomic E-state index is 13.3. The van der Waals surface area contributed by atoms with Gasteiger partial charge in [0, 0.05) is 4.90 Å². The van der Waals surface area contributed by atoms with E-state index in [0.717, 1.165) is 10.5 Å². The minimum Gasteiger partial charge on any atom is -0.254 e. The van der Waals surface area contributed by atoms with E-state index in [2.05, 4.69) is 31.2 Å². The van der Waals surface area contributed by atoms with Crippen LogP contribution in [0.25, 0.3) is 0 Å². The molecule has 0 amide bonds. The molecule has 0 fully saturated rings. The summed E-state index contributed by atoms with van der Waals surface area (Å²) in [5.74, 6) is 0.166. The van der Waals surface area contributed by atoms with Gasteiger partial charge in [-0.1, -0.05) is 85.8 Å². The summed E-state index contributed by atoms with van der Waals surface area (Å²) in [5.41, 5.74) is 2.33. The molecule has 23 heavy (non-hydrogen) atoms. The van der Waals surface area contributed by atoms with Gasteiger partial charge in [0.05, 0.1) is 16.0 Å². The van der Waals surface area contributed by atoms with Gasteiger partial charge in [-0.05, 0) is 29.2 Å². The molecule has 1 nitrogen and oxygen atoms in total. The molecule has 0 heterocycles. The van der Waals surface area contributed by atoms with Gasteiger partial charge in [0.2, 0.25) is 0 Å². The van der Waals surface area contributed by atoms with Crippen LogP contribution in [0.3, 0.4) is 0 Å². The first-order chi connectivity index (χ1) is 11.3. The summed E-state index contributed by atoms with van der Waals surface area (Å²) in [6.45, 7) is 2.16. The molecule has 2 heteroatoms. The van der Waals surface area contributed by atoms with Crippen molar-refractivity contribution >= 4 is 10.8 Å². The van der Waals surface area contributed by atoms with Crippen LogP contribution in [0, 0.1) is 0 Å². The second kappa shape index (κ2) is 7.38. The first-order valence-corrected chi connectivity index (χ1v) is 9.04. The number of hydrogen-bond acceptors (Lipinski definition) is 1. The van der Waals surface area contributed by atoms with Crippen molar-refractivity contribution in [3.05, 3.63) is 102 Å². The Morgan fingerprint density at radius 3 is 1.61 bits per heavy atom. The normalized spacial score (nSPS) is 14.8. The molecule has 0 aromatic heterocycles. The van der Waals surface area contributed by atoms with Crippen LogP contribution < -0.4 is 0 Å². The third-order valence-corrected chi connectivity index (χ3v) is 5.99. The molecule has 0 aliphatic rings. The monoisotopic (exact) mass is 320 g/mol. The smallest absolute Gasteiger partial charge is 0.0709 e. The maximum atomic E-state index is 13.3. The van der Waals surface area contributed by atoms with E-state index < -0.39 is 10.8 Å². The van der Waals surface area contributed by atoms with Crippen LogP contribution >= 0.6 is 0 Å². The maximum Gasteiger partial charge on any atom is 0.0709 e. The van der Waals surface area contributed by atoms with Crippen LogP contribution in [-0.2, 0) is 10.8 Å². The minimum atomic E-state index is -1.10. The predicted molar refractivity (Wildman–Crippen MR) is 96.9 cm³/mol. The molecule has 0 bridgehead atoms. The summed E-state index contributed by atoms with van der Waals surface area (Å²) in [7, 11) is -1.10. The van der Waals surface area contributed by atoms with Crippen LogP contribution in [-0.4, -0.2) is 4.21 Å². The fourth-order valence-corrected chi connectivity index (χ4v) is 4.52. The highest BCUT2D eigenvalue weighted by Gasteiger charge is 2.27.